The van der Waals surface area contributed by atoms with E-state index in [9.17, 15) is 10.2 Å². The van der Waals surface area contributed by atoms with Crippen molar-refractivity contribution in [3.8, 4) is 17.5 Å². The number of aromatic nitrogens is 5. The number of benzene rings is 1. The van der Waals surface area contributed by atoms with E-state index in [4.69, 9.17) is 10.2 Å². The molecule has 4 aromatic rings. The van der Waals surface area contributed by atoms with Gasteiger partial charge < -0.3 is 25.0 Å². The van der Waals surface area contributed by atoms with Crippen molar-refractivity contribution in [2.75, 3.05) is 23.4 Å². The fraction of sp³-hybridized carbons (Fsp3) is 0.238. The maximum absolute atomic E-state index is 9.86. The second-order valence-corrected chi connectivity index (χ2v) is 7.41. The van der Waals surface area contributed by atoms with E-state index in [-0.39, 0.29) is 18.4 Å². The van der Waals surface area contributed by atoms with E-state index in [0.29, 0.717) is 28.8 Å². The standard InChI is InChI=1S/C21H20N8O2/c22-10-14-7-16(9-17(31)8-14)27-11-19(23-13-27)24-20-18-4-2-6-29(18)26-21(25-20)28-5-1-3-15(28)12-30/h2,4,6-9,11,13,15,30-31H,1,3,5,12H2,(H,24,25,26)/t15-/m0/s1. The van der Waals surface area contributed by atoms with Crippen molar-refractivity contribution in [1.29, 1.82) is 5.26 Å². The molecule has 10 heteroatoms. The van der Waals surface area contributed by atoms with Crippen LogP contribution in [0.15, 0.2) is 49.1 Å². The third-order valence-corrected chi connectivity index (χ3v) is 5.38. The number of nitriles is 1. The minimum atomic E-state index is 0.0108. The second kappa shape index (κ2) is 7.62. The van der Waals surface area contributed by atoms with Crippen molar-refractivity contribution in [2.24, 2.45) is 0 Å². The molecule has 1 aliphatic heterocycles. The third-order valence-electron chi connectivity index (χ3n) is 5.38. The minimum Gasteiger partial charge on any atom is -0.508 e. The maximum Gasteiger partial charge on any atom is 0.245 e. The van der Waals surface area contributed by atoms with Crippen molar-refractivity contribution in [3.63, 3.8) is 0 Å². The Bertz CT molecular complexity index is 1290. The molecule has 0 spiro atoms. The molecule has 0 aliphatic carbocycles. The summed E-state index contributed by atoms with van der Waals surface area (Å²) in [5, 5.41) is 36.5. The zero-order chi connectivity index (χ0) is 21.4. The molecule has 0 radical (unpaired) electrons. The van der Waals surface area contributed by atoms with Crippen molar-refractivity contribution in [2.45, 2.75) is 18.9 Å². The Hall–Kier alpha value is -4.10. The number of phenols is 1. The van der Waals surface area contributed by atoms with Gasteiger partial charge in [-0.1, -0.05) is 0 Å². The molecule has 31 heavy (non-hydrogen) atoms. The van der Waals surface area contributed by atoms with Crippen LogP contribution in [0.25, 0.3) is 11.2 Å². The van der Waals surface area contributed by atoms with Crippen LogP contribution in [0.5, 0.6) is 5.75 Å². The van der Waals surface area contributed by atoms with Gasteiger partial charge in [0, 0.05) is 18.8 Å². The molecule has 1 aromatic carbocycles. The lowest BCUT2D eigenvalue weighted by Gasteiger charge is -2.23. The number of aliphatic hydroxyl groups is 1. The van der Waals surface area contributed by atoms with Gasteiger partial charge in [-0.05, 0) is 37.1 Å². The molecule has 1 fully saturated rings. The average Bonchev–Trinajstić information content (AvgIpc) is 3.53. The topological polar surface area (TPSA) is 128 Å². The van der Waals surface area contributed by atoms with Crippen LogP contribution in [0.2, 0.25) is 0 Å². The summed E-state index contributed by atoms with van der Waals surface area (Å²) >= 11 is 0. The molecule has 3 aromatic heterocycles. The molecular formula is C21H20N8O2. The fourth-order valence-corrected chi connectivity index (χ4v) is 3.88. The van der Waals surface area contributed by atoms with E-state index >= 15 is 0 Å². The number of phenolic OH excluding ortho intramolecular Hbond substituents is 1. The van der Waals surface area contributed by atoms with Gasteiger partial charge in [0.05, 0.1) is 36.2 Å². The highest BCUT2D eigenvalue weighted by Crippen LogP contribution is 2.27. The largest absolute Gasteiger partial charge is 0.508 e. The number of nitrogens with one attached hydrogen (secondary N) is 1. The van der Waals surface area contributed by atoms with Gasteiger partial charge in [-0.25, -0.2) is 9.50 Å². The fourth-order valence-electron chi connectivity index (χ4n) is 3.88. The average molecular weight is 416 g/mol. The van der Waals surface area contributed by atoms with Gasteiger partial charge in [-0.2, -0.15) is 10.2 Å². The molecule has 0 amide bonds. The zero-order valence-corrected chi connectivity index (χ0v) is 16.5. The number of aliphatic hydroxyl groups excluding tert-OH is 1. The van der Waals surface area contributed by atoms with E-state index in [1.165, 1.54) is 6.07 Å². The molecular weight excluding hydrogens is 396 g/mol. The van der Waals surface area contributed by atoms with Gasteiger partial charge in [0.15, 0.2) is 5.82 Å². The SMILES string of the molecule is N#Cc1cc(O)cc(-n2cnc(Nc3nc(N4CCC[C@H]4CO)nn4cccc34)c2)c1. The molecule has 3 N–H and O–H groups in total. The molecule has 10 nitrogen and oxygen atoms in total. The highest BCUT2D eigenvalue weighted by molar-refractivity contribution is 5.73. The molecule has 4 heterocycles. The van der Waals surface area contributed by atoms with Gasteiger partial charge >= 0.3 is 0 Å². The van der Waals surface area contributed by atoms with E-state index in [1.54, 1.807) is 33.7 Å². The smallest absolute Gasteiger partial charge is 0.245 e. The summed E-state index contributed by atoms with van der Waals surface area (Å²) < 4.78 is 3.46. The van der Waals surface area contributed by atoms with Gasteiger partial charge in [-0.15, -0.1) is 5.10 Å². The summed E-state index contributed by atoms with van der Waals surface area (Å²) in [4.78, 5) is 11.1. The summed E-state index contributed by atoms with van der Waals surface area (Å²) in [6.45, 7) is 0.861. The molecule has 0 unspecified atom stereocenters. The Balaban J connectivity index is 1.48. The number of imidazole rings is 1. The molecule has 0 bridgehead atoms. The van der Waals surface area contributed by atoms with Crippen molar-refractivity contribution >= 4 is 23.1 Å². The van der Waals surface area contributed by atoms with Gasteiger partial charge in [-0.3, -0.25) is 0 Å². The Labute approximate surface area is 177 Å². The summed E-state index contributed by atoms with van der Waals surface area (Å²) in [5.74, 6) is 1.71. The second-order valence-electron chi connectivity index (χ2n) is 7.41. The number of hydrogen-bond acceptors (Lipinski definition) is 8. The number of anilines is 3. The summed E-state index contributed by atoms with van der Waals surface area (Å²) in [6.07, 6.45) is 7.09. The highest BCUT2D eigenvalue weighted by atomic mass is 16.3. The zero-order valence-electron chi connectivity index (χ0n) is 16.5. The first-order valence-electron chi connectivity index (χ1n) is 9.93. The van der Waals surface area contributed by atoms with Crippen molar-refractivity contribution < 1.29 is 10.2 Å². The molecule has 1 saturated heterocycles. The molecule has 1 atom stereocenters. The van der Waals surface area contributed by atoms with Crippen LogP contribution in [-0.4, -0.2) is 53.6 Å². The van der Waals surface area contributed by atoms with Gasteiger partial charge in [0.25, 0.3) is 0 Å². The van der Waals surface area contributed by atoms with E-state index in [2.05, 4.69) is 15.4 Å². The first kappa shape index (κ1) is 18.9. The summed E-state index contributed by atoms with van der Waals surface area (Å²) in [6, 6.07) is 10.5. The number of fused-ring (bicyclic) bond motifs is 1. The lowest BCUT2D eigenvalue weighted by Crippen LogP contribution is -2.34. The van der Waals surface area contributed by atoms with Crippen LogP contribution >= 0.6 is 0 Å². The Kier molecular flexibility index (Phi) is 4.65. The molecule has 156 valence electrons. The molecule has 0 saturated carbocycles. The van der Waals surface area contributed by atoms with Crippen molar-refractivity contribution in [3.05, 3.63) is 54.6 Å². The first-order chi connectivity index (χ1) is 15.1. The van der Waals surface area contributed by atoms with Gasteiger partial charge in [0.2, 0.25) is 5.95 Å². The summed E-state index contributed by atoms with van der Waals surface area (Å²) in [7, 11) is 0. The lowest BCUT2D eigenvalue weighted by molar-refractivity contribution is 0.265. The first-order valence-corrected chi connectivity index (χ1v) is 9.93. The third kappa shape index (κ3) is 3.51. The van der Waals surface area contributed by atoms with Crippen LogP contribution in [0.1, 0.15) is 18.4 Å². The van der Waals surface area contributed by atoms with Crippen LogP contribution < -0.4 is 10.2 Å². The van der Waals surface area contributed by atoms with E-state index in [0.717, 1.165) is 24.9 Å². The van der Waals surface area contributed by atoms with Crippen LogP contribution in [-0.2, 0) is 0 Å². The Morgan fingerprint density at radius 3 is 3.03 bits per heavy atom. The predicted molar refractivity (Wildman–Crippen MR) is 114 cm³/mol. The van der Waals surface area contributed by atoms with E-state index in [1.807, 2.05) is 29.3 Å². The number of nitrogens with zero attached hydrogens (tertiary/aromatic N) is 7. The number of aromatic hydroxyl groups is 1. The Morgan fingerprint density at radius 1 is 1.29 bits per heavy atom. The molecule has 5 rings (SSSR count). The lowest BCUT2D eigenvalue weighted by atomic mass is 10.2. The number of rotatable bonds is 5. The van der Waals surface area contributed by atoms with E-state index < -0.39 is 0 Å². The Morgan fingerprint density at radius 2 is 2.19 bits per heavy atom. The quantitative estimate of drug-likeness (QED) is 0.452. The van der Waals surface area contributed by atoms with Crippen LogP contribution in [0.4, 0.5) is 17.6 Å². The van der Waals surface area contributed by atoms with Crippen molar-refractivity contribution in [1.82, 2.24) is 24.1 Å². The van der Waals surface area contributed by atoms with Gasteiger partial charge in [0.1, 0.15) is 23.4 Å². The maximum atomic E-state index is 9.86. The number of hydrogen-bond donors (Lipinski definition) is 3. The van der Waals surface area contributed by atoms with Crippen LogP contribution in [0, 0.1) is 11.3 Å². The minimum absolute atomic E-state index is 0.0108. The molecule has 1 aliphatic rings. The normalized spacial score (nSPS) is 16.0. The monoisotopic (exact) mass is 416 g/mol. The highest BCUT2D eigenvalue weighted by Gasteiger charge is 2.27. The summed E-state index contributed by atoms with van der Waals surface area (Å²) in [5.41, 5.74) is 1.77. The van der Waals surface area contributed by atoms with Crippen LogP contribution in [0.3, 0.4) is 0 Å². The predicted octanol–water partition coefficient (Wildman–Crippen LogP) is 2.20.